The Morgan fingerprint density at radius 1 is 1.40 bits per heavy atom. The van der Waals surface area contributed by atoms with Gasteiger partial charge in [0.25, 0.3) is 0 Å². The predicted molar refractivity (Wildman–Crippen MR) is 71.0 cm³/mol. The molecule has 0 aliphatic carbocycles. The fourth-order valence-corrected chi connectivity index (χ4v) is 2.04. The maximum Gasteiger partial charge on any atom is 0.338 e. The van der Waals surface area contributed by atoms with Crippen molar-refractivity contribution < 1.29 is 14.3 Å². The third-order valence-corrected chi connectivity index (χ3v) is 3.03. The second-order valence-electron chi connectivity index (χ2n) is 4.41. The highest BCUT2D eigenvalue weighted by Gasteiger charge is 2.15. The summed E-state index contributed by atoms with van der Waals surface area (Å²) in [5.41, 5.74) is 2.01. The zero-order chi connectivity index (χ0) is 14.3. The molecule has 0 atom stereocenters. The number of aromatic nitrogens is 3. The van der Waals surface area contributed by atoms with E-state index in [9.17, 15) is 9.18 Å². The number of fused-ring (bicyclic) bond motifs is 1. The third kappa shape index (κ3) is 1.91. The molecule has 0 fully saturated rings. The number of aromatic amines is 1. The largest absolute Gasteiger partial charge is 0.478 e. The van der Waals surface area contributed by atoms with Gasteiger partial charge in [0.05, 0.1) is 16.6 Å². The van der Waals surface area contributed by atoms with Gasteiger partial charge in [-0.25, -0.2) is 14.2 Å². The summed E-state index contributed by atoms with van der Waals surface area (Å²) >= 11 is 0. The van der Waals surface area contributed by atoms with Crippen LogP contribution < -0.4 is 0 Å². The van der Waals surface area contributed by atoms with Gasteiger partial charge in [-0.15, -0.1) is 0 Å². The van der Waals surface area contributed by atoms with Crippen LogP contribution >= 0.6 is 0 Å². The average molecular weight is 271 g/mol. The Balaban J connectivity index is 2.21. The molecular formula is C14H10FN3O2. The molecule has 0 spiro atoms. The van der Waals surface area contributed by atoms with Gasteiger partial charge >= 0.3 is 5.97 Å². The summed E-state index contributed by atoms with van der Waals surface area (Å²) < 4.78 is 13.6. The number of carbonyl (C=O) groups is 1. The highest BCUT2D eigenvalue weighted by Crippen LogP contribution is 2.23. The zero-order valence-corrected chi connectivity index (χ0v) is 10.5. The van der Waals surface area contributed by atoms with E-state index < -0.39 is 17.3 Å². The Labute approximate surface area is 113 Å². The van der Waals surface area contributed by atoms with Crippen LogP contribution in [0.4, 0.5) is 4.39 Å². The molecule has 0 aliphatic heterocycles. The Hall–Kier alpha value is -2.76. The lowest BCUT2D eigenvalue weighted by Gasteiger charge is -1.98. The fraction of sp³-hybridized carbons (Fsp3) is 0.0714. The first-order valence-corrected chi connectivity index (χ1v) is 5.91. The summed E-state index contributed by atoms with van der Waals surface area (Å²) in [6.07, 6.45) is 1.64. The first-order chi connectivity index (χ1) is 9.56. The topological polar surface area (TPSA) is 78.9 Å². The summed E-state index contributed by atoms with van der Waals surface area (Å²) in [5, 5.41) is 8.90. The van der Waals surface area contributed by atoms with Gasteiger partial charge in [0, 0.05) is 12.3 Å². The van der Waals surface area contributed by atoms with E-state index in [1.807, 2.05) is 19.1 Å². The number of rotatable bonds is 2. The van der Waals surface area contributed by atoms with Crippen molar-refractivity contribution in [3.8, 4) is 11.5 Å². The van der Waals surface area contributed by atoms with Crippen LogP contribution in [0.5, 0.6) is 0 Å². The van der Waals surface area contributed by atoms with Crippen molar-refractivity contribution in [2.24, 2.45) is 0 Å². The lowest BCUT2D eigenvalue weighted by atomic mass is 10.2. The molecule has 0 saturated carbocycles. The summed E-state index contributed by atoms with van der Waals surface area (Å²) in [6, 6.07) is 6.04. The summed E-state index contributed by atoms with van der Waals surface area (Å²) in [4.78, 5) is 22.4. The van der Waals surface area contributed by atoms with Crippen LogP contribution in [0.1, 0.15) is 15.9 Å². The molecule has 5 nitrogen and oxygen atoms in total. The van der Waals surface area contributed by atoms with E-state index in [0.29, 0.717) is 22.6 Å². The molecule has 2 aromatic heterocycles. The highest BCUT2D eigenvalue weighted by molar-refractivity contribution is 5.93. The van der Waals surface area contributed by atoms with E-state index in [0.717, 1.165) is 11.6 Å². The van der Waals surface area contributed by atoms with Gasteiger partial charge in [0.2, 0.25) is 0 Å². The van der Waals surface area contributed by atoms with Crippen molar-refractivity contribution in [1.82, 2.24) is 15.0 Å². The lowest BCUT2D eigenvalue weighted by Crippen LogP contribution is -1.99. The van der Waals surface area contributed by atoms with Gasteiger partial charge in [-0.3, -0.25) is 4.98 Å². The quantitative estimate of drug-likeness (QED) is 0.751. The molecule has 0 bridgehead atoms. The number of halogens is 1. The number of aryl methyl sites for hydroxylation is 1. The van der Waals surface area contributed by atoms with Crippen LogP contribution in [-0.2, 0) is 0 Å². The first-order valence-electron chi connectivity index (χ1n) is 5.91. The molecule has 2 N–H and O–H groups in total. The van der Waals surface area contributed by atoms with Crippen molar-refractivity contribution in [3.63, 3.8) is 0 Å². The minimum absolute atomic E-state index is 0.392. The second kappa shape index (κ2) is 4.41. The van der Waals surface area contributed by atoms with Gasteiger partial charge in [-0.05, 0) is 24.6 Å². The van der Waals surface area contributed by atoms with Crippen LogP contribution in [0.25, 0.3) is 22.6 Å². The second-order valence-corrected chi connectivity index (χ2v) is 4.41. The molecular weight excluding hydrogens is 261 g/mol. The number of benzene rings is 1. The van der Waals surface area contributed by atoms with E-state index in [-0.39, 0.29) is 0 Å². The number of carboxylic acid groups (broad SMARTS) is 1. The zero-order valence-electron chi connectivity index (χ0n) is 10.5. The maximum absolute atomic E-state index is 13.6. The third-order valence-electron chi connectivity index (χ3n) is 3.03. The summed E-state index contributed by atoms with van der Waals surface area (Å²) in [7, 11) is 0. The monoisotopic (exact) mass is 271 g/mol. The predicted octanol–water partition coefficient (Wildman–Crippen LogP) is 2.77. The number of hydrogen-bond acceptors (Lipinski definition) is 3. The van der Waals surface area contributed by atoms with Crippen LogP contribution in [0.3, 0.4) is 0 Å². The van der Waals surface area contributed by atoms with E-state index in [4.69, 9.17) is 5.11 Å². The Kier molecular flexibility index (Phi) is 2.71. The number of imidazole rings is 1. The molecule has 0 radical (unpaired) electrons. The van der Waals surface area contributed by atoms with Crippen molar-refractivity contribution >= 4 is 17.0 Å². The normalized spacial score (nSPS) is 10.9. The van der Waals surface area contributed by atoms with Crippen molar-refractivity contribution in [1.29, 1.82) is 0 Å². The fourth-order valence-electron chi connectivity index (χ4n) is 2.04. The molecule has 6 heteroatoms. The van der Waals surface area contributed by atoms with Crippen LogP contribution in [-0.4, -0.2) is 26.0 Å². The summed E-state index contributed by atoms with van der Waals surface area (Å²) in [5.74, 6) is -1.62. The van der Waals surface area contributed by atoms with E-state index >= 15 is 0 Å². The van der Waals surface area contributed by atoms with Crippen LogP contribution in [0.15, 0.2) is 30.5 Å². The maximum atomic E-state index is 13.6. The van der Waals surface area contributed by atoms with Crippen LogP contribution in [0.2, 0.25) is 0 Å². The van der Waals surface area contributed by atoms with E-state index in [1.54, 1.807) is 6.20 Å². The molecule has 3 aromatic rings. The molecule has 100 valence electrons. The number of H-pyrrole nitrogens is 1. The van der Waals surface area contributed by atoms with Crippen LogP contribution in [0, 0.1) is 12.7 Å². The molecule has 0 unspecified atom stereocenters. The first kappa shape index (κ1) is 12.3. The van der Waals surface area contributed by atoms with Gasteiger partial charge < -0.3 is 10.1 Å². The molecule has 2 heterocycles. The highest BCUT2D eigenvalue weighted by atomic mass is 19.1. The molecule has 1 aromatic carbocycles. The standard InChI is InChI=1S/C14H10FN3O2/c1-7-3-2-4-16-12(7)13-17-10-5-8(14(19)20)9(15)6-11(10)18-13/h2-6H,1H3,(H,17,18)(H,19,20). The van der Waals surface area contributed by atoms with Gasteiger partial charge in [-0.2, -0.15) is 0 Å². The number of aromatic carboxylic acids is 1. The minimum Gasteiger partial charge on any atom is -0.478 e. The molecule has 0 amide bonds. The average Bonchev–Trinajstić information content (AvgIpc) is 2.80. The Morgan fingerprint density at radius 3 is 2.90 bits per heavy atom. The van der Waals surface area contributed by atoms with Crippen molar-refractivity contribution in [3.05, 3.63) is 47.4 Å². The number of pyridine rings is 1. The van der Waals surface area contributed by atoms with E-state index in [2.05, 4.69) is 15.0 Å². The molecule has 3 rings (SSSR count). The van der Waals surface area contributed by atoms with Crippen molar-refractivity contribution in [2.75, 3.05) is 0 Å². The minimum atomic E-state index is -1.32. The Bertz CT molecular complexity index is 826. The number of nitrogens with one attached hydrogen (secondary N) is 1. The SMILES string of the molecule is Cc1cccnc1-c1nc2cc(C(=O)O)c(F)cc2[nH]1. The van der Waals surface area contributed by atoms with Gasteiger partial charge in [0.15, 0.2) is 5.82 Å². The van der Waals surface area contributed by atoms with E-state index in [1.165, 1.54) is 6.07 Å². The number of hydrogen-bond donors (Lipinski definition) is 2. The van der Waals surface area contributed by atoms with Gasteiger partial charge in [-0.1, -0.05) is 6.07 Å². The van der Waals surface area contributed by atoms with Gasteiger partial charge in [0.1, 0.15) is 11.5 Å². The van der Waals surface area contributed by atoms with Crippen molar-refractivity contribution in [2.45, 2.75) is 6.92 Å². The molecule has 20 heavy (non-hydrogen) atoms. The molecule has 0 aliphatic rings. The lowest BCUT2D eigenvalue weighted by molar-refractivity contribution is 0.0692. The molecule has 0 saturated heterocycles. The summed E-state index contributed by atoms with van der Waals surface area (Å²) in [6.45, 7) is 1.89. The number of nitrogens with zero attached hydrogens (tertiary/aromatic N) is 2. The Morgan fingerprint density at radius 2 is 2.20 bits per heavy atom. The smallest absolute Gasteiger partial charge is 0.338 e. The number of carboxylic acids is 1.